The maximum Gasteiger partial charge on any atom is 0.241 e. The van der Waals surface area contributed by atoms with Crippen molar-refractivity contribution >= 4 is 21.7 Å². The van der Waals surface area contributed by atoms with E-state index < -0.39 is 26.8 Å². The monoisotopic (exact) mass is 413 g/mol. The normalized spacial score (nSPS) is 16.6. The molecule has 0 bridgehead atoms. The van der Waals surface area contributed by atoms with Crippen molar-refractivity contribution in [3.63, 3.8) is 0 Å². The van der Waals surface area contributed by atoms with Crippen molar-refractivity contribution in [1.29, 1.82) is 0 Å². The Morgan fingerprint density at radius 3 is 2.11 bits per heavy atom. The van der Waals surface area contributed by atoms with Gasteiger partial charge in [0.1, 0.15) is 11.1 Å². The van der Waals surface area contributed by atoms with Gasteiger partial charge in [-0.2, -0.15) is 0 Å². The third-order valence-corrected chi connectivity index (χ3v) is 7.18. The van der Waals surface area contributed by atoms with Gasteiger partial charge in [-0.1, -0.05) is 0 Å². The number of nitrogens with zero attached hydrogens (tertiary/aromatic N) is 3. The Bertz CT molecular complexity index is 786. The molecule has 1 heterocycles. The van der Waals surface area contributed by atoms with Crippen molar-refractivity contribution in [2.45, 2.75) is 30.9 Å². The van der Waals surface area contributed by atoms with Crippen molar-refractivity contribution in [3.05, 3.63) is 30.1 Å². The summed E-state index contributed by atoms with van der Waals surface area (Å²) in [6.07, 6.45) is 0. The lowest BCUT2D eigenvalue weighted by Crippen LogP contribution is -2.54. The lowest BCUT2D eigenvalue weighted by Gasteiger charge is -2.36. The fraction of sp³-hybridized carbons (Fsp3) is 0.579. The molecule has 1 unspecified atom stereocenters. The number of rotatable bonds is 7. The predicted octanol–water partition coefficient (Wildman–Crippen LogP) is 1.00. The van der Waals surface area contributed by atoms with E-state index in [1.54, 1.807) is 4.90 Å². The van der Waals surface area contributed by atoms with Crippen LogP contribution in [0.15, 0.2) is 29.2 Å². The smallest absolute Gasteiger partial charge is 0.241 e. The molecule has 1 aliphatic rings. The Hall–Kier alpha value is -2.00. The number of carbonyl (C=O) groups excluding carboxylic acids is 2. The van der Waals surface area contributed by atoms with E-state index in [0.29, 0.717) is 45.8 Å². The molecule has 1 aromatic rings. The summed E-state index contributed by atoms with van der Waals surface area (Å²) in [7, 11) is -3.89. The first kappa shape index (κ1) is 22.3. The molecule has 0 spiro atoms. The van der Waals surface area contributed by atoms with Crippen LogP contribution in [0.2, 0.25) is 0 Å². The van der Waals surface area contributed by atoms with Crippen LogP contribution in [0.5, 0.6) is 0 Å². The van der Waals surface area contributed by atoms with E-state index in [0.717, 1.165) is 12.1 Å². The second-order valence-corrected chi connectivity index (χ2v) is 9.08. The molecule has 1 aliphatic heterocycles. The molecule has 1 fully saturated rings. The molecule has 0 aromatic heterocycles. The molecule has 9 heteroatoms. The highest BCUT2D eigenvalue weighted by Gasteiger charge is 2.34. The fourth-order valence-corrected chi connectivity index (χ4v) is 4.55. The van der Waals surface area contributed by atoms with E-state index in [1.165, 1.54) is 24.0 Å². The van der Waals surface area contributed by atoms with Gasteiger partial charge in [0, 0.05) is 39.3 Å². The standard InChI is InChI=1S/C19H28FN3O4S/c1-4-22(5-2)18(24)14-21-10-12-23(13-11-21)19(25)15(3)28(26,27)17-8-6-16(20)7-9-17/h6-9,15H,4-5,10-14H2,1-3H3. The number of piperazine rings is 1. The molecule has 28 heavy (non-hydrogen) atoms. The molecule has 0 radical (unpaired) electrons. The van der Waals surface area contributed by atoms with E-state index in [2.05, 4.69) is 0 Å². The lowest BCUT2D eigenvalue weighted by atomic mass is 10.2. The summed E-state index contributed by atoms with van der Waals surface area (Å²) in [5.41, 5.74) is 0. The molecule has 0 N–H and O–H groups in total. The van der Waals surface area contributed by atoms with Crippen molar-refractivity contribution < 1.29 is 22.4 Å². The summed E-state index contributed by atoms with van der Waals surface area (Å²) in [6.45, 7) is 8.61. The van der Waals surface area contributed by atoms with E-state index in [4.69, 9.17) is 0 Å². The zero-order chi connectivity index (χ0) is 20.9. The molecule has 0 saturated carbocycles. The largest absolute Gasteiger partial charge is 0.342 e. The first-order chi connectivity index (χ1) is 13.2. The average Bonchev–Trinajstić information content (AvgIpc) is 2.68. The Labute approximate surface area is 166 Å². The molecule has 0 aliphatic carbocycles. The van der Waals surface area contributed by atoms with Crippen LogP contribution in [0.3, 0.4) is 0 Å². The third kappa shape index (κ3) is 5.08. The molecule has 2 rings (SSSR count). The van der Waals surface area contributed by atoms with E-state index >= 15 is 0 Å². The van der Waals surface area contributed by atoms with Crippen LogP contribution in [0.1, 0.15) is 20.8 Å². The summed E-state index contributed by atoms with van der Waals surface area (Å²) in [5, 5.41) is -1.25. The van der Waals surface area contributed by atoms with Gasteiger partial charge in [-0.25, -0.2) is 12.8 Å². The highest BCUT2D eigenvalue weighted by atomic mass is 32.2. The van der Waals surface area contributed by atoms with Crippen LogP contribution >= 0.6 is 0 Å². The summed E-state index contributed by atoms with van der Waals surface area (Å²) >= 11 is 0. The van der Waals surface area contributed by atoms with Gasteiger partial charge >= 0.3 is 0 Å². The molecule has 1 atom stereocenters. The zero-order valence-corrected chi connectivity index (χ0v) is 17.4. The number of hydrogen-bond acceptors (Lipinski definition) is 5. The average molecular weight is 414 g/mol. The first-order valence-electron chi connectivity index (χ1n) is 9.49. The minimum absolute atomic E-state index is 0.0528. The van der Waals surface area contributed by atoms with E-state index in [9.17, 15) is 22.4 Å². The van der Waals surface area contributed by atoms with E-state index in [1.807, 2.05) is 18.7 Å². The second kappa shape index (κ2) is 9.47. The molecular formula is C19H28FN3O4S. The number of sulfone groups is 1. The SMILES string of the molecule is CCN(CC)C(=O)CN1CCN(C(=O)C(C)S(=O)(=O)c2ccc(F)cc2)CC1. The highest BCUT2D eigenvalue weighted by molar-refractivity contribution is 7.92. The summed E-state index contributed by atoms with van der Waals surface area (Å²) < 4.78 is 38.3. The van der Waals surface area contributed by atoms with Gasteiger partial charge in [0.2, 0.25) is 11.8 Å². The van der Waals surface area contributed by atoms with Crippen LogP contribution < -0.4 is 0 Å². The van der Waals surface area contributed by atoms with Gasteiger partial charge in [0.25, 0.3) is 0 Å². The van der Waals surface area contributed by atoms with Crippen LogP contribution in [-0.4, -0.2) is 86.0 Å². The molecule has 156 valence electrons. The Balaban J connectivity index is 1.95. The summed E-state index contributed by atoms with van der Waals surface area (Å²) in [5.74, 6) is -0.954. The first-order valence-corrected chi connectivity index (χ1v) is 11.0. The number of carbonyl (C=O) groups is 2. The number of benzene rings is 1. The summed E-state index contributed by atoms with van der Waals surface area (Å²) in [4.78, 5) is 30.1. The highest BCUT2D eigenvalue weighted by Crippen LogP contribution is 2.19. The zero-order valence-electron chi connectivity index (χ0n) is 16.6. The van der Waals surface area contributed by atoms with Crippen molar-refractivity contribution in [1.82, 2.24) is 14.7 Å². The Morgan fingerprint density at radius 1 is 1.07 bits per heavy atom. The maximum atomic E-state index is 13.0. The molecular weight excluding hydrogens is 385 g/mol. The minimum Gasteiger partial charge on any atom is -0.342 e. The van der Waals surface area contributed by atoms with Crippen molar-refractivity contribution in [3.8, 4) is 0 Å². The number of amides is 2. The fourth-order valence-electron chi connectivity index (χ4n) is 3.21. The number of hydrogen-bond donors (Lipinski definition) is 0. The Kier molecular flexibility index (Phi) is 7.54. The van der Waals surface area contributed by atoms with Crippen LogP contribution in [-0.2, 0) is 19.4 Å². The quantitative estimate of drug-likeness (QED) is 0.624. The lowest BCUT2D eigenvalue weighted by molar-refractivity contribution is -0.134. The number of likely N-dealkylation sites (N-methyl/N-ethyl adjacent to an activating group) is 1. The van der Waals surface area contributed by atoms with Gasteiger partial charge in [0.05, 0.1) is 11.4 Å². The van der Waals surface area contributed by atoms with Crippen molar-refractivity contribution in [2.75, 3.05) is 45.8 Å². The van der Waals surface area contributed by atoms with Gasteiger partial charge in [-0.05, 0) is 45.0 Å². The van der Waals surface area contributed by atoms with Gasteiger partial charge in [-0.15, -0.1) is 0 Å². The second-order valence-electron chi connectivity index (χ2n) is 6.81. The Morgan fingerprint density at radius 2 is 1.61 bits per heavy atom. The summed E-state index contributed by atoms with van der Waals surface area (Å²) in [6, 6.07) is 4.47. The third-order valence-electron chi connectivity index (χ3n) is 5.11. The minimum atomic E-state index is -3.89. The van der Waals surface area contributed by atoms with Gasteiger partial charge in [0.15, 0.2) is 9.84 Å². The van der Waals surface area contributed by atoms with Crippen LogP contribution in [0, 0.1) is 5.82 Å². The van der Waals surface area contributed by atoms with Crippen LogP contribution in [0.4, 0.5) is 4.39 Å². The van der Waals surface area contributed by atoms with E-state index in [-0.39, 0.29) is 10.8 Å². The maximum absolute atomic E-state index is 13.0. The van der Waals surface area contributed by atoms with Gasteiger partial charge in [-0.3, -0.25) is 14.5 Å². The molecule has 7 nitrogen and oxygen atoms in total. The van der Waals surface area contributed by atoms with Crippen LogP contribution in [0.25, 0.3) is 0 Å². The molecule has 1 saturated heterocycles. The molecule has 1 aromatic carbocycles. The molecule has 2 amide bonds. The van der Waals surface area contributed by atoms with Gasteiger partial charge < -0.3 is 9.80 Å². The number of halogens is 1. The van der Waals surface area contributed by atoms with Crippen molar-refractivity contribution in [2.24, 2.45) is 0 Å². The topological polar surface area (TPSA) is 78.0 Å². The predicted molar refractivity (Wildman–Crippen MR) is 104 cm³/mol.